The molecule has 2 aliphatic rings. The first kappa shape index (κ1) is 24.1. The Morgan fingerprint density at radius 2 is 1.94 bits per heavy atom. The largest absolute Gasteiger partial charge is 0.497 e. The van der Waals surface area contributed by atoms with Gasteiger partial charge in [-0.15, -0.1) is 0 Å². The minimum Gasteiger partial charge on any atom is -0.497 e. The molecule has 1 aromatic heterocycles. The number of nitrogens with one attached hydrogen (secondary N) is 2. The topological polar surface area (TPSA) is 104 Å². The van der Waals surface area contributed by atoms with Crippen LogP contribution < -0.4 is 20.1 Å². The van der Waals surface area contributed by atoms with Gasteiger partial charge in [0.25, 0.3) is 11.8 Å². The van der Waals surface area contributed by atoms with E-state index < -0.39 is 6.10 Å². The van der Waals surface area contributed by atoms with Crippen molar-refractivity contribution in [2.24, 2.45) is 7.05 Å². The monoisotopic (exact) mass is 492 g/mol. The molecule has 0 radical (unpaired) electrons. The van der Waals surface area contributed by atoms with Gasteiger partial charge in [0.1, 0.15) is 23.4 Å². The first-order chi connectivity index (χ1) is 17.5. The molecule has 2 heterocycles. The van der Waals surface area contributed by atoms with Crippen LogP contribution in [0.1, 0.15) is 59.8 Å². The van der Waals surface area contributed by atoms with Crippen molar-refractivity contribution in [2.75, 3.05) is 26.1 Å². The number of ether oxygens (including phenoxy) is 3. The highest BCUT2D eigenvalue weighted by molar-refractivity contribution is 6.06. The number of fused-ring (bicyclic) bond motifs is 1. The van der Waals surface area contributed by atoms with Crippen LogP contribution in [0, 0.1) is 0 Å². The number of carbonyl (C=O) groups excluding carboxylic acids is 2. The lowest BCUT2D eigenvalue weighted by atomic mass is 9.85. The fourth-order valence-electron chi connectivity index (χ4n) is 4.92. The third-order valence-electron chi connectivity index (χ3n) is 7.14. The van der Waals surface area contributed by atoms with Crippen LogP contribution in [0.2, 0.25) is 0 Å². The molecule has 1 saturated carbocycles. The van der Waals surface area contributed by atoms with E-state index in [-0.39, 0.29) is 18.4 Å². The molecule has 1 aliphatic carbocycles. The summed E-state index contributed by atoms with van der Waals surface area (Å²) in [6, 6.07) is 8.96. The van der Waals surface area contributed by atoms with Gasteiger partial charge < -0.3 is 29.4 Å². The zero-order valence-corrected chi connectivity index (χ0v) is 20.9. The lowest BCUT2D eigenvalue weighted by Gasteiger charge is -2.24. The molecule has 2 N–H and O–H groups in total. The van der Waals surface area contributed by atoms with Crippen molar-refractivity contribution in [2.45, 2.75) is 50.7 Å². The summed E-state index contributed by atoms with van der Waals surface area (Å²) in [5, 5.41) is 5.98. The van der Waals surface area contributed by atoms with E-state index in [0.29, 0.717) is 47.2 Å². The van der Waals surface area contributed by atoms with Crippen LogP contribution in [-0.2, 0) is 23.1 Å². The van der Waals surface area contributed by atoms with Gasteiger partial charge in [0.15, 0.2) is 0 Å². The molecule has 0 unspecified atom stereocenters. The average Bonchev–Trinajstić information content (AvgIpc) is 3.50. The van der Waals surface area contributed by atoms with Crippen molar-refractivity contribution in [3.63, 3.8) is 0 Å². The lowest BCUT2D eigenvalue weighted by molar-refractivity contribution is -0.124. The van der Waals surface area contributed by atoms with E-state index in [0.717, 1.165) is 36.2 Å². The molecule has 9 nitrogen and oxygen atoms in total. The summed E-state index contributed by atoms with van der Waals surface area (Å²) in [6.07, 6.45) is 4.47. The van der Waals surface area contributed by atoms with Crippen LogP contribution in [0.3, 0.4) is 0 Å². The van der Waals surface area contributed by atoms with E-state index in [2.05, 4.69) is 10.6 Å². The Morgan fingerprint density at radius 3 is 2.61 bits per heavy atom. The number of anilines is 1. The normalized spacial score (nSPS) is 17.6. The van der Waals surface area contributed by atoms with E-state index in [1.54, 1.807) is 32.4 Å². The van der Waals surface area contributed by atoms with Crippen LogP contribution in [0.5, 0.6) is 11.5 Å². The Hall–Kier alpha value is -3.59. The minimum atomic E-state index is -0.475. The average molecular weight is 493 g/mol. The second-order valence-corrected chi connectivity index (χ2v) is 9.40. The van der Waals surface area contributed by atoms with E-state index in [4.69, 9.17) is 19.2 Å². The maximum atomic E-state index is 13.2. The van der Waals surface area contributed by atoms with Gasteiger partial charge in [-0.25, -0.2) is 4.98 Å². The number of aryl methyl sites for hydroxylation is 1. The van der Waals surface area contributed by atoms with Crippen molar-refractivity contribution in [1.82, 2.24) is 14.9 Å². The highest BCUT2D eigenvalue weighted by Crippen LogP contribution is 2.38. The molecule has 0 spiro atoms. The highest BCUT2D eigenvalue weighted by Gasteiger charge is 2.28. The van der Waals surface area contributed by atoms with Crippen molar-refractivity contribution in [3.8, 4) is 11.5 Å². The molecule has 36 heavy (non-hydrogen) atoms. The predicted octanol–water partition coefficient (Wildman–Crippen LogP) is 3.91. The SMILES string of the molecule is COc1ccc(OC)c(CNC(=O)c2cc(NC(=O)[C@H]3CCCO3)c3c(c2)nc(C2CCC2)n3C)c1. The molecule has 190 valence electrons. The number of imidazole rings is 1. The van der Waals surface area contributed by atoms with Crippen molar-refractivity contribution >= 4 is 28.5 Å². The third kappa shape index (κ3) is 4.63. The molecule has 2 amide bonds. The summed E-state index contributed by atoms with van der Waals surface area (Å²) < 4.78 is 18.4. The van der Waals surface area contributed by atoms with Gasteiger partial charge in [-0.1, -0.05) is 6.42 Å². The van der Waals surface area contributed by atoms with Crippen LogP contribution in [0.4, 0.5) is 5.69 Å². The molecule has 0 bridgehead atoms. The molecule has 1 saturated heterocycles. The fraction of sp³-hybridized carbons (Fsp3) is 0.444. The van der Waals surface area contributed by atoms with E-state index in [1.807, 2.05) is 23.7 Å². The first-order valence-corrected chi connectivity index (χ1v) is 12.4. The highest BCUT2D eigenvalue weighted by atomic mass is 16.5. The Morgan fingerprint density at radius 1 is 1.11 bits per heavy atom. The summed E-state index contributed by atoms with van der Waals surface area (Å²) in [5.41, 5.74) is 3.29. The maximum absolute atomic E-state index is 13.2. The summed E-state index contributed by atoms with van der Waals surface area (Å²) in [5.74, 6) is 2.26. The minimum absolute atomic E-state index is 0.195. The zero-order chi connectivity index (χ0) is 25.2. The maximum Gasteiger partial charge on any atom is 0.253 e. The van der Waals surface area contributed by atoms with E-state index in [1.165, 1.54) is 6.42 Å². The van der Waals surface area contributed by atoms with Gasteiger partial charge in [0, 0.05) is 37.2 Å². The Bertz CT molecular complexity index is 1290. The Labute approximate surface area is 210 Å². The number of carbonyl (C=O) groups is 2. The number of methoxy groups -OCH3 is 2. The number of aromatic nitrogens is 2. The van der Waals surface area contributed by atoms with Crippen molar-refractivity contribution < 1.29 is 23.8 Å². The van der Waals surface area contributed by atoms with Gasteiger partial charge in [0.2, 0.25) is 0 Å². The van der Waals surface area contributed by atoms with Crippen molar-refractivity contribution in [1.29, 1.82) is 0 Å². The Balaban J connectivity index is 1.45. The molecular weight excluding hydrogens is 460 g/mol. The van der Waals surface area contributed by atoms with Gasteiger partial charge in [-0.2, -0.15) is 0 Å². The fourth-order valence-corrected chi connectivity index (χ4v) is 4.92. The molecule has 1 aliphatic heterocycles. The van der Waals surface area contributed by atoms with Gasteiger partial charge in [-0.3, -0.25) is 9.59 Å². The van der Waals surface area contributed by atoms with Crippen LogP contribution >= 0.6 is 0 Å². The van der Waals surface area contributed by atoms with Crippen molar-refractivity contribution in [3.05, 3.63) is 47.3 Å². The smallest absolute Gasteiger partial charge is 0.253 e. The molecule has 5 rings (SSSR count). The summed E-state index contributed by atoms with van der Waals surface area (Å²) in [4.78, 5) is 31.0. The predicted molar refractivity (Wildman–Crippen MR) is 136 cm³/mol. The number of hydrogen-bond acceptors (Lipinski definition) is 6. The second kappa shape index (κ2) is 10.2. The first-order valence-electron chi connectivity index (χ1n) is 12.4. The van der Waals surface area contributed by atoms with Crippen LogP contribution in [-0.4, -0.2) is 48.3 Å². The summed E-state index contributed by atoms with van der Waals surface area (Å²) in [6.45, 7) is 0.839. The number of amides is 2. The lowest BCUT2D eigenvalue weighted by Crippen LogP contribution is -2.27. The molecule has 1 atom stereocenters. The number of hydrogen-bond donors (Lipinski definition) is 2. The molecule has 2 fully saturated rings. The number of benzene rings is 2. The third-order valence-corrected chi connectivity index (χ3v) is 7.14. The number of rotatable bonds is 8. The van der Waals surface area contributed by atoms with E-state index in [9.17, 15) is 9.59 Å². The van der Waals surface area contributed by atoms with Gasteiger partial charge in [-0.05, 0) is 56.0 Å². The Kier molecular flexibility index (Phi) is 6.82. The molecule has 9 heteroatoms. The summed E-state index contributed by atoms with van der Waals surface area (Å²) >= 11 is 0. The van der Waals surface area contributed by atoms with Gasteiger partial charge >= 0.3 is 0 Å². The van der Waals surface area contributed by atoms with Gasteiger partial charge in [0.05, 0.1) is 30.9 Å². The standard InChI is InChI=1S/C27H32N4O5/c1-31-24-20(29-25(31)16-6-4-7-16)13-17(14-21(24)30-27(33)23-8-5-11-36-23)26(32)28-15-18-12-19(34-2)9-10-22(18)35-3/h9-10,12-14,16,23H,4-8,11,15H2,1-3H3,(H,28,32)(H,30,33)/t23-/m1/s1. The second-order valence-electron chi connectivity index (χ2n) is 9.40. The van der Waals surface area contributed by atoms with Crippen LogP contribution in [0.25, 0.3) is 11.0 Å². The summed E-state index contributed by atoms with van der Waals surface area (Å²) in [7, 11) is 5.15. The molecule has 2 aromatic carbocycles. The quantitative estimate of drug-likeness (QED) is 0.494. The van der Waals surface area contributed by atoms with E-state index >= 15 is 0 Å². The number of nitrogens with zero attached hydrogens (tertiary/aromatic N) is 2. The van der Waals surface area contributed by atoms with Crippen LogP contribution in [0.15, 0.2) is 30.3 Å². The zero-order valence-electron chi connectivity index (χ0n) is 20.9. The molecule has 3 aromatic rings. The molecular formula is C27H32N4O5.